The molecule has 0 spiro atoms. The molecular weight excluding hydrogens is 278 g/mol. The van der Waals surface area contributed by atoms with Crippen LogP contribution in [0.25, 0.3) is 0 Å². The van der Waals surface area contributed by atoms with Crippen LogP contribution in [-0.4, -0.2) is 24.6 Å². The monoisotopic (exact) mass is 307 g/mol. The first-order valence-corrected chi connectivity index (χ1v) is 9.51. The summed E-state index contributed by atoms with van der Waals surface area (Å²) in [6, 6.07) is 0.551. The van der Waals surface area contributed by atoms with Crippen molar-refractivity contribution in [1.82, 2.24) is 10.3 Å². The maximum atomic E-state index is 5.00. The van der Waals surface area contributed by atoms with Gasteiger partial charge in [-0.25, -0.2) is 4.98 Å². The summed E-state index contributed by atoms with van der Waals surface area (Å²) < 4.78 is 0. The van der Waals surface area contributed by atoms with Gasteiger partial charge in [-0.3, -0.25) is 0 Å². The summed E-state index contributed by atoms with van der Waals surface area (Å²) in [6.07, 6.45) is 7.66. The highest BCUT2D eigenvalue weighted by molar-refractivity contribution is 7.15. The lowest BCUT2D eigenvalue weighted by Gasteiger charge is -2.26. The normalized spacial score (nSPS) is 24.3. The highest BCUT2D eigenvalue weighted by atomic mass is 32.1. The van der Waals surface area contributed by atoms with E-state index in [1.54, 1.807) is 0 Å². The maximum absolute atomic E-state index is 5.00. The molecule has 118 valence electrons. The fraction of sp³-hybridized carbons (Fsp3) is 0.824. The summed E-state index contributed by atoms with van der Waals surface area (Å²) in [5.41, 5.74) is 1.91. The fourth-order valence-corrected chi connectivity index (χ4v) is 5.16. The van der Waals surface area contributed by atoms with E-state index in [9.17, 15) is 0 Å². The van der Waals surface area contributed by atoms with Crippen molar-refractivity contribution in [2.75, 3.05) is 24.5 Å². The van der Waals surface area contributed by atoms with Crippen molar-refractivity contribution in [1.29, 1.82) is 0 Å². The van der Waals surface area contributed by atoms with Crippen LogP contribution in [0.2, 0.25) is 0 Å². The molecule has 1 aliphatic heterocycles. The number of anilines is 1. The highest BCUT2D eigenvalue weighted by Crippen LogP contribution is 2.43. The van der Waals surface area contributed by atoms with Crippen molar-refractivity contribution in [3.8, 4) is 0 Å². The van der Waals surface area contributed by atoms with Crippen LogP contribution >= 0.6 is 11.3 Å². The first kappa shape index (κ1) is 15.3. The Balaban J connectivity index is 1.79. The smallest absolute Gasteiger partial charge is 0.185 e. The van der Waals surface area contributed by atoms with E-state index >= 15 is 0 Å². The number of rotatable bonds is 5. The van der Waals surface area contributed by atoms with Gasteiger partial charge in [0.15, 0.2) is 5.13 Å². The number of hydrogen-bond acceptors (Lipinski definition) is 4. The van der Waals surface area contributed by atoms with Crippen LogP contribution in [-0.2, 0) is 6.42 Å². The van der Waals surface area contributed by atoms with E-state index in [1.165, 1.54) is 67.3 Å². The second-order valence-electron chi connectivity index (χ2n) is 6.69. The molecule has 0 aromatic carbocycles. The Hall–Kier alpha value is -0.610. The number of aromatic nitrogens is 1. The van der Waals surface area contributed by atoms with Gasteiger partial charge in [0.05, 0.1) is 5.69 Å². The SMILES string of the molecule is CCNC1CCCc2nc(N3CCC(CC)(CC)C3)sc21. The largest absolute Gasteiger partial charge is 0.348 e. The lowest BCUT2D eigenvalue weighted by Crippen LogP contribution is -2.26. The number of nitrogens with one attached hydrogen (secondary N) is 1. The Kier molecular flexibility index (Phi) is 4.55. The van der Waals surface area contributed by atoms with Crippen molar-refractivity contribution in [3.63, 3.8) is 0 Å². The molecule has 3 nitrogen and oxygen atoms in total. The lowest BCUT2D eigenvalue weighted by molar-refractivity contribution is 0.301. The second kappa shape index (κ2) is 6.25. The molecule has 3 rings (SSSR count). The molecule has 2 heterocycles. The van der Waals surface area contributed by atoms with E-state index in [-0.39, 0.29) is 0 Å². The van der Waals surface area contributed by atoms with Crippen LogP contribution < -0.4 is 10.2 Å². The second-order valence-corrected chi connectivity index (χ2v) is 7.70. The molecular formula is C17H29N3S. The van der Waals surface area contributed by atoms with E-state index in [2.05, 4.69) is 31.0 Å². The van der Waals surface area contributed by atoms with Gasteiger partial charge in [-0.1, -0.05) is 32.1 Å². The zero-order chi connectivity index (χ0) is 14.9. The zero-order valence-corrected chi connectivity index (χ0v) is 14.6. The Morgan fingerprint density at radius 2 is 2.14 bits per heavy atom. The summed E-state index contributed by atoms with van der Waals surface area (Å²) >= 11 is 1.95. The van der Waals surface area contributed by atoms with Crippen molar-refractivity contribution >= 4 is 16.5 Å². The van der Waals surface area contributed by atoms with E-state index in [4.69, 9.17) is 4.98 Å². The molecule has 0 radical (unpaired) electrons. The van der Waals surface area contributed by atoms with E-state index in [0.29, 0.717) is 11.5 Å². The molecule has 1 unspecified atom stereocenters. The Bertz CT molecular complexity index is 478. The van der Waals surface area contributed by atoms with E-state index in [1.807, 2.05) is 11.3 Å². The first-order valence-electron chi connectivity index (χ1n) is 8.69. The third-order valence-electron chi connectivity index (χ3n) is 5.60. The Morgan fingerprint density at radius 1 is 1.33 bits per heavy atom. The summed E-state index contributed by atoms with van der Waals surface area (Å²) in [4.78, 5) is 9.08. The zero-order valence-electron chi connectivity index (χ0n) is 13.7. The van der Waals surface area contributed by atoms with Gasteiger partial charge in [-0.05, 0) is 50.5 Å². The number of thiazole rings is 1. The number of nitrogens with zero attached hydrogens (tertiary/aromatic N) is 2. The summed E-state index contributed by atoms with van der Waals surface area (Å²) in [7, 11) is 0. The predicted octanol–water partition coefficient (Wildman–Crippen LogP) is 4.15. The summed E-state index contributed by atoms with van der Waals surface area (Å²) in [5.74, 6) is 0. The topological polar surface area (TPSA) is 28.2 Å². The van der Waals surface area contributed by atoms with Crippen molar-refractivity contribution in [2.24, 2.45) is 5.41 Å². The minimum atomic E-state index is 0.535. The third-order valence-corrected chi connectivity index (χ3v) is 6.87. The summed E-state index contributed by atoms with van der Waals surface area (Å²) in [6.45, 7) is 10.4. The molecule has 1 atom stereocenters. The van der Waals surface area contributed by atoms with Gasteiger partial charge in [-0.15, -0.1) is 0 Å². The fourth-order valence-electron chi connectivity index (χ4n) is 3.91. The minimum absolute atomic E-state index is 0.535. The van der Waals surface area contributed by atoms with Crippen LogP contribution in [0, 0.1) is 5.41 Å². The van der Waals surface area contributed by atoms with E-state index < -0.39 is 0 Å². The van der Waals surface area contributed by atoms with Gasteiger partial charge in [0, 0.05) is 24.0 Å². The predicted molar refractivity (Wildman–Crippen MR) is 91.3 cm³/mol. The van der Waals surface area contributed by atoms with Gasteiger partial charge in [0.2, 0.25) is 0 Å². The molecule has 1 aromatic rings. The Morgan fingerprint density at radius 3 is 2.81 bits per heavy atom. The third kappa shape index (κ3) is 2.85. The van der Waals surface area contributed by atoms with Gasteiger partial charge < -0.3 is 10.2 Å². The molecule has 1 aliphatic carbocycles. The van der Waals surface area contributed by atoms with Gasteiger partial charge >= 0.3 is 0 Å². The van der Waals surface area contributed by atoms with Crippen molar-refractivity contribution in [2.45, 2.75) is 65.3 Å². The van der Waals surface area contributed by atoms with Crippen LogP contribution in [0.1, 0.15) is 69.5 Å². The molecule has 1 fully saturated rings. The molecule has 0 bridgehead atoms. The van der Waals surface area contributed by atoms with Crippen LogP contribution in [0.15, 0.2) is 0 Å². The molecule has 4 heteroatoms. The molecule has 1 N–H and O–H groups in total. The van der Waals surface area contributed by atoms with Crippen LogP contribution in [0.3, 0.4) is 0 Å². The molecule has 0 amide bonds. The first-order chi connectivity index (χ1) is 10.2. The molecule has 0 saturated carbocycles. The standard InChI is InChI=1S/C17H29N3S/c1-4-17(5-2)10-11-20(12-17)16-19-14-9-7-8-13(18-6-3)15(14)21-16/h13,18H,4-12H2,1-3H3. The average molecular weight is 308 g/mol. The molecule has 1 saturated heterocycles. The van der Waals surface area contributed by atoms with Crippen LogP contribution in [0.4, 0.5) is 5.13 Å². The number of aryl methyl sites for hydroxylation is 1. The minimum Gasteiger partial charge on any atom is -0.348 e. The lowest BCUT2D eigenvalue weighted by atomic mass is 9.82. The molecule has 1 aromatic heterocycles. The number of fused-ring (bicyclic) bond motifs is 1. The van der Waals surface area contributed by atoms with Gasteiger partial charge in [0.1, 0.15) is 0 Å². The Labute approximate surface area is 133 Å². The van der Waals surface area contributed by atoms with Gasteiger partial charge in [-0.2, -0.15) is 0 Å². The van der Waals surface area contributed by atoms with Crippen molar-refractivity contribution < 1.29 is 0 Å². The van der Waals surface area contributed by atoms with Gasteiger partial charge in [0.25, 0.3) is 0 Å². The van der Waals surface area contributed by atoms with Crippen LogP contribution in [0.5, 0.6) is 0 Å². The van der Waals surface area contributed by atoms with Crippen molar-refractivity contribution in [3.05, 3.63) is 10.6 Å². The summed E-state index contributed by atoms with van der Waals surface area (Å²) in [5, 5.41) is 4.92. The quantitative estimate of drug-likeness (QED) is 0.886. The number of hydrogen-bond donors (Lipinski definition) is 1. The molecule has 21 heavy (non-hydrogen) atoms. The van der Waals surface area contributed by atoms with E-state index in [0.717, 1.165) is 6.54 Å². The average Bonchev–Trinajstić information content (AvgIpc) is 3.12. The highest BCUT2D eigenvalue weighted by Gasteiger charge is 2.37. The molecule has 2 aliphatic rings. The maximum Gasteiger partial charge on any atom is 0.185 e.